The summed E-state index contributed by atoms with van der Waals surface area (Å²) in [5.41, 5.74) is 1.37. The van der Waals surface area contributed by atoms with Crippen LogP contribution in [0.1, 0.15) is 35.7 Å². The molecule has 1 aliphatic heterocycles. The number of carbonyl (C=O) groups is 2. The van der Waals surface area contributed by atoms with Crippen LogP contribution in [0, 0.1) is 11.8 Å². The lowest BCUT2D eigenvalue weighted by molar-refractivity contribution is -0.125. The first-order chi connectivity index (χ1) is 16.3. The molecule has 1 heterocycles. The van der Waals surface area contributed by atoms with Crippen molar-refractivity contribution in [3.63, 3.8) is 0 Å². The number of likely N-dealkylation sites (tertiary alicyclic amines) is 1. The van der Waals surface area contributed by atoms with Crippen molar-refractivity contribution in [2.75, 3.05) is 48.1 Å². The molecule has 0 spiro atoms. The molecule has 1 aliphatic rings. The minimum atomic E-state index is -0.420. The maximum absolute atomic E-state index is 13.3. The molecule has 0 aliphatic carbocycles. The molecule has 34 heavy (non-hydrogen) atoms. The van der Waals surface area contributed by atoms with Crippen LogP contribution in [-0.4, -0.2) is 64.8 Å². The van der Waals surface area contributed by atoms with Gasteiger partial charge in [-0.15, -0.1) is 0 Å². The number of nitrogens with zero attached hydrogens (tertiary/aromatic N) is 1. The normalized spacial score (nSPS) is 17.4. The fourth-order valence-electron chi connectivity index (χ4n) is 4.26. The number of hydrogen-bond acceptors (Lipinski definition) is 6. The first-order valence-corrected chi connectivity index (χ1v) is 11.3. The van der Waals surface area contributed by atoms with Gasteiger partial charge in [0.2, 0.25) is 11.7 Å². The van der Waals surface area contributed by atoms with Crippen LogP contribution in [0.3, 0.4) is 0 Å². The number of benzene rings is 2. The first-order valence-electron chi connectivity index (χ1n) is 11.3. The van der Waals surface area contributed by atoms with Crippen molar-refractivity contribution in [2.24, 2.45) is 11.8 Å². The second-order valence-corrected chi connectivity index (χ2v) is 8.75. The summed E-state index contributed by atoms with van der Waals surface area (Å²) in [5, 5.41) is 3.04. The van der Waals surface area contributed by atoms with Gasteiger partial charge in [0.15, 0.2) is 11.5 Å². The molecule has 2 aromatic rings. The highest BCUT2D eigenvalue weighted by atomic mass is 16.5. The van der Waals surface area contributed by atoms with Crippen LogP contribution in [0.15, 0.2) is 36.4 Å². The van der Waals surface area contributed by atoms with Crippen molar-refractivity contribution in [1.29, 1.82) is 0 Å². The summed E-state index contributed by atoms with van der Waals surface area (Å²) < 4.78 is 21.8. The van der Waals surface area contributed by atoms with Gasteiger partial charge in [-0.25, -0.2) is 0 Å². The van der Waals surface area contributed by atoms with E-state index >= 15 is 0 Å². The molecule has 1 fully saturated rings. The van der Waals surface area contributed by atoms with E-state index in [0.717, 1.165) is 5.56 Å². The van der Waals surface area contributed by atoms with Crippen molar-refractivity contribution in [3.05, 3.63) is 47.5 Å². The minimum Gasteiger partial charge on any atom is -0.497 e. The van der Waals surface area contributed by atoms with Crippen LogP contribution in [0.2, 0.25) is 0 Å². The fraction of sp³-hybridized carbons (Fsp3) is 0.462. The molecule has 0 saturated carbocycles. The Labute approximate surface area is 201 Å². The van der Waals surface area contributed by atoms with E-state index in [1.165, 1.54) is 0 Å². The fourth-order valence-corrected chi connectivity index (χ4v) is 4.26. The molecule has 1 saturated heterocycles. The molecule has 2 aromatic carbocycles. The molecule has 2 unspecified atom stereocenters. The molecule has 8 nitrogen and oxygen atoms in total. The van der Waals surface area contributed by atoms with Crippen LogP contribution in [0.25, 0.3) is 0 Å². The van der Waals surface area contributed by atoms with Gasteiger partial charge >= 0.3 is 0 Å². The largest absolute Gasteiger partial charge is 0.497 e. The highest BCUT2D eigenvalue weighted by molar-refractivity contribution is 5.95. The third-order valence-electron chi connectivity index (χ3n) is 6.06. The molecule has 2 amide bonds. The lowest BCUT2D eigenvalue weighted by Gasteiger charge is -2.21. The lowest BCUT2D eigenvalue weighted by Crippen LogP contribution is -2.37. The molecular weight excluding hydrogens is 436 g/mol. The predicted octanol–water partition coefficient (Wildman–Crippen LogP) is 3.35. The Hall–Kier alpha value is -3.42. The van der Waals surface area contributed by atoms with E-state index in [9.17, 15) is 9.59 Å². The van der Waals surface area contributed by atoms with E-state index in [2.05, 4.69) is 5.32 Å². The number of methoxy groups -OCH3 is 4. The molecule has 2 atom stereocenters. The standard InChI is InChI=1S/C26H34N2O6/c1-16(2)13-27-25(29)21-15-28(26(30)17-8-7-9-19(10-17)31-3)14-20(21)18-11-22(32-4)24(34-6)23(12-18)33-5/h7-12,16,20-21H,13-15H2,1-6H3,(H,27,29). The van der Waals surface area contributed by atoms with E-state index in [0.29, 0.717) is 54.1 Å². The molecule has 1 N–H and O–H groups in total. The van der Waals surface area contributed by atoms with Gasteiger partial charge in [0.1, 0.15) is 5.75 Å². The smallest absolute Gasteiger partial charge is 0.254 e. The van der Waals surface area contributed by atoms with Gasteiger partial charge in [-0.1, -0.05) is 19.9 Å². The van der Waals surface area contributed by atoms with Gasteiger partial charge in [0.25, 0.3) is 5.91 Å². The average Bonchev–Trinajstić information content (AvgIpc) is 3.31. The maximum atomic E-state index is 13.3. The summed E-state index contributed by atoms with van der Waals surface area (Å²) in [4.78, 5) is 28.3. The Bertz CT molecular complexity index is 997. The second kappa shape index (κ2) is 11.1. The van der Waals surface area contributed by atoms with Gasteiger partial charge < -0.3 is 29.2 Å². The van der Waals surface area contributed by atoms with Crippen LogP contribution in [-0.2, 0) is 4.79 Å². The van der Waals surface area contributed by atoms with E-state index in [1.54, 1.807) is 57.6 Å². The predicted molar refractivity (Wildman–Crippen MR) is 129 cm³/mol. The Balaban J connectivity index is 1.97. The first kappa shape index (κ1) is 25.2. The van der Waals surface area contributed by atoms with E-state index in [1.807, 2.05) is 26.0 Å². The highest BCUT2D eigenvalue weighted by Gasteiger charge is 2.41. The molecular formula is C26H34N2O6. The van der Waals surface area contributed by atoms with Crippen molar-refractivity contribution < 1.29 is 28.5 Å². The minimum absolute atomic E-state index is 0.0756. The van der Waals surface area contributed by atoms with Crippen molar-refractivity contribution in [2.45, 2.75) is 19.8 Å². The summed E-state index contributed by atoms with van der Waals surface area (Å²) in [6.07, 6.45) is 0. The number of carbonyl (C=O) groups excluding carboxylic acids is 2. The summed E-state index contributed by atoms with van der Waals surface area (Å²) in [5.74, 6) is 1.55. The van der Waals surface area contributed by atoms with Crippen molar-refractivity contribution in [3.8, 4) is 23.0 Å². The zero-order chi connectivity index (χ0) is 24.8. The van der Waals surface area contributed by atoms with Crippen LogP contribution < -0.4 is 24.3 Å². The number of amides is 2. The number of hydrogen-bond donors (Lipinski definition) is 1. The zero-order valence-electron chi connectivity index (χ0n) is 20.7. The number of ether oxygens (including phenoxy) is 4. The number of nitrogens with one attached hydrogen (secondary N) is 1. The topological polar surface area (TPSA) is 86.3 Å². The average molecular weight is 471 g/mol. The quantitative estimate of drug-likeness (QED) is 0.605. The second-order valence-electron chi connectivity index (χ2n) is 8.75. The van der Waals surface area contributed by atoms with Gasteiger partial charge in [-0.05, 0) is 41.8 Å². The third kappa shape index (κ3) is 5.38. The summed E-state index contributed by atoms with van der Waals surface area (Å²) >= 11 is 0. The highest BCUT2D eigenvalue weighted by Crippen LogP contribution is 2.43. The summed E-state index contributed by atoms with van der Waals surface area (Å²) in [7, 11) is 6.23. The molecule has 184 valence electrons. The Kier molecular flexibility index (Phi) is 8.26. The SMILES string of the molecule is COc1cccc(C(=O)N2CC(C(=O)NCC(C)C)C(c3cc(OC)c(OC)c(OC)c3)C2)c1. The number of rotatable bonds is 9. The van der Waals surface area contributed by atoms with Crippen molar-refractivity contribution in [1.82, 2.24) is 10.2 Å². The van der Waals surface area contributed by atoms with Gasteiger partial charge in [-0.2, -0.15) is 0 Å². The van der Waals surface area contributed by atoms with Crippen LogP contribution in [0.5, 0.6) is 23.0 Å². The molecule has 8 heteroatoms. The van der Waals surface area contributed by atoms with Crippen LogP contribution >= 0.6 is 0 Å². The Morgan fingerprint density at radius 3 is 2.21 bits per heavy atom. The molecule has 0 radical (unpaired) electrons. The molecule has 3 rings (SSSR count). The third-order valence-corrected chi connectivity index (χ3v) is 6.06. The zero-order valence-corrected chi connectivity index (χ0v) is 20.7. The van der Waals surface area contributed by atoms with Crippen molar-refractivity contribution >= 4 is 11.8 Å². The van der Waals surface area contributed by atoms with Gasteiger partial charge in [0, 0.05) is 31.1 Å². The van der Waals surface area contributed by atoms with Gasteiger partial charge in [0.05, 0.1) is 34.4 Å². The maximum Gasteiger partial charge on any atom is 0.254 e. The molecule has 0 aromatic heterocycles. The summed E-state index contributed by atoms with van der Waals surface area (Å²) in [6, 6.07) is 10.8. The summed E-state index contributed by atoms with van der Waals surface area (Å²) in [6.45, 7) is 5.35. The van der Waals surface area contributed by atoms with E-state index < -0.39 is 5.92 Å². The Morgan fingerprint density at radius 2 is 1.65 bits per heavy atom. The van der Waals surface area contributed by atoms with E-state index in [-0.39, 0.29) is 17.7 Å². The Morgan fingerprint density at radius 1 is 0.971 bits per heavy atom. The van der Waals surface area contributed by atoms with Gasteiger partial charge in [-0.3, -0.25) is 9.59 Å². The van der Waals surface area contributed by atoms with Crippen LogP contribution in [0.4, 0.5) is 0 Å². The van der Waals surface area contributed by atoms with E-state index in [4.69, 9.17) is 18.9 Å². The molecule has 0 bridgehead atoms. The monoisotopic (exact) mass is 470 g/mol. The lowest BCUT2D eigenvalue weighted by atomic mass is 9.87.